The summed E-state index contributed by atoms with van der Waals surface area (Å²) in [5, 5.41) is 6.76. The summed E-state index contributed by atoms with van der Waals surface area (Å²) in [4.78, 5) is 38.4. The van der Waals surface area contributed by atoms with Crippen molar-refractivity contribution in [3.05, 3.63) is 53.5 Å². The van der Waals surface area contributed by atoms with E-state index in [2.05, 4.69) is 20.4 Å². The number of oxime groups is 1. The molecule has 0 saturated carbocycles. The van der Waals surface area contributed by atoms with Gasteiger partial charge in [-0.15, -0.1) is 0 Å². The Balaban J connectivity index is 1.14. The lowest BCUT2D eigenvalue weighted by atomic mass is 9.81. The molecular weight excluding hydrogens is 560 g/mol. The Kier molecular flexibility index (Phi) is 8.60. The van der Waals surface area contributed by atoms with Gasteiger partial charge in [0.15, 0.2) is 5.67 Å². The normalized spacial score (nSPS) is 20.7. The van der Waals surface area contributed by atoms with Gasteiger partial charge in [-0.3, -0.25) is 15.0 Å². The van der Waals surface area contributed by atoms with Gasteiger partial charge >= 0.3 is 6.09 Å². The summed E-state index contributed by atoms with van der Waals surface area (Å²) in [5.74, 6) is 0.0423. The van der Waals surface area contributed by atoms with Crippen molar-refractivity contribution in [2.45, 2.75) is 76.3 Å². The van der Waals surface area contributed by atoms with Crippen molar-refractivity contribution >= 4 is 23.5 Å². The number of rotatable bonds is 5. The molecule has 3 aliphatic heterocycles. The molecule has 4 heterocycles. The lowest BCUT2D eigenvalue weighted by Gasteiger charge is -2.46. The number of aromatic nitrogens is 1. The van der Waals surface area contributed by atoms with E-state index in [1.807, 2.05) is 6.07 Å². The van der Waals surface area contributed by atoms with Crippen molar-refractivity contribution in [2.75, 3.05) is 38.6 Å². The van der Waals surface area contributed by atoms with E-state index in [9.17, 15) is 14.0 Å². The van der Waals surface area contributed by atoms with Crippen LogP contribution < -0.4 is 10.1 Å². The number of pyridine rings is 1. The molecule has 10 nitrogen and oxygen atoms in total. The summed E-state index contributed by atoms with van der Waals surface area (Å²) >= 11 is 0. The highest BCUT2D eigenvalue weighted by molar-refractivity contribution is 6.04. The maximum Gasteiger partial charge on any atom is 0.413 e. The highest BCUT2D eigenvalue weighted by Crippen LogP contribution is 2.41. The van der Waals surface area contributed by atoms with Gasteiger partial charge in [0.2, 0.25) is 0 Å². The quantitative estimate of drug-likeness (QED) is 0.479. The van der Waals surface area contributed by atoms with Gasteiger partial charge in [-0.25, -0.2) is 18.6 Å². The molecule has 5 rings (SSSR count). The average Bonchev–Trinajstić information content (AvgIpc) is 2.94. The van der Waals surface area contributed by atoms with Crippen LogP contribution in [0.4, 0.5) is 19.4 Å². The summed E-state index contributed by atoms with van der Waals surface area (Å²) in [6.07, 6.45) is 2.64. The van der Waals surface area contributed by atoms with Gasteiger partial charge in [0.05, 0.1) is 5.71 Å². The molecule has 0 unspecified atom stereocenters. The zero-order chi connectivity index (χ0) is 30.8. The topological polar surface area (TPSA) is 106 Å². The second-order valence-electron chi connectivity index (χ2n) is 12.5. The van der Waals surface area contributed by atoms with Crippen LogP contribution in [0.1, 0.15) is 64.0 Å². The number of carbonyl (C=O) groups is 2. The number of benzene rings is 1. The third-order valence-corrected chi connectivity index (χ3v) is 8.12. The van der Waals surface area contributed by atoms with Gasteiger partial charge in [-0.05, 0) is 56.7 Å². The van der Waals surface area contributed by atoms with Gasteiger partial charge in [0, 0.05) is 76.6 Å². The number of ether oxygens (including phenoxy) is 2. The van der Waals surface area contributed by atoms with Crippen LogP contribution in [0, 0.1) is 5.82 Å². The second kappa shape index (κ2) is 12.1. The van der Waals surface area contributed by atoms with E-state index in [0.29, 0.717) is 74.8 Å². The molecule has 0 radical (unpaired) electrons. The third-order valence-electron chi connectivity index (χ3n) is 8.12. The number of nitrogens with one attached hydrogen (secondary N) is 1. The van der Waals surface area contributed by atoms with E-state index >= 15 is 4.39 Å². The van der Waals surface area contributed by atoms with Crippen molar-refractivity contribution in [3.8, 4) is 5.75 Å². The monoisotopic (exact) mass is 599 g/mol. The highest BCUT2D eigenvalue weighted by Gasteiger charge is 2.48. The fourth-order valence-corrected chi connectivity index (χ4v) is 5.94. The van der Waals surface area contributed by atoms with E-state index in [-0.39, 0.29) is 18.7 Å². The molecule has 2 fully saturated rings. The molecule has 0 aliphatic carbocycles. The third kappa shape index (κ3) is 7.23. The number of hydrogen-bond donors (Lipinski definition) is 1. The van der Waals surface area contributed by atoms with Gasteiger partial charge in [-0.1, -0.05) is 5.16 Å². The Bertz CT molecular complexity index is 1380. The first-order valence-electron chi connectivity index (χ1n) is 14.6. The maximum atomic E-state index is 16.0. The number of amides is 2. The predicted molar refractivity (Wildman–Crippen MR) is 156 cm³/mol. The Labute approximate surface area is 250 Å². The molecule has 12 heteroatoms. The zero-order valence-electron chi connectivity index (χ0n) is 25.1. The molecule has 1 aromatic carbocycles. The summed E-state index contributed by atoms with van der Waals surface area (Å²) in [6.45, 7) is 7.45. The molecular formula is C31H39F2N5O5. The molecule has 2 aromatic rings. The minimum absolute atomic E-state index is 0.0989. The number of hydrogen-bond acceptors (Lipinski definition) is 8. The average molecular weight is 600 g/mol. The van der Waals surface area contributed by atoms with Crippen molar-refractivity contribution in [3.63, 3.8) is 0 Å². The number of carbonyl (C=O) groups excluding carboxylic acids is 2. The first-order chi connectivity index (χ1) is 20.4. The van der Waals surface area contributed by atoms with Gasteiger partial charge in [0.25, 0.3) is 5.91 Å². The minimum atomic E-state index is -1.93. The first-order valence-corrected chi connectivity index (χ1v) is 14.6. The number of fused-ring (bicyclic) bond motifs is 1. The van der Waals surface area contributed by atoms with Crippen molar-refractivity contribution in [1.29, 1.82) is 0 Å². The number of likely N-dealkylation sites (tertiary alicyclic amines) is 2. The fraction of sp³-hybridized carbons (Fsp3) is 0.548. The maximum absolute atomic E-state index is 16.0. The van der Waals surface area contributed by atoms with Crippen LogP contribution in [0.15, 0.2) is 41.7 Å². The Hall–Kier alpha value is -3.80. The van der Waals surface area contributed by atoms with Crippen LogP contribution in [-0.4, -0.2) is 82.7 Å². The molecule has 0 bridgehead atoms. The van der Waals surface area contributed by atoms with Crippen molar-refractivity contribution in [1.82, 2.24) is 14.8 Å². The van der Waals surface area contributed by atoms with Crippen LogP contribution in [0.5, 0.6) is 5.75 Å². The fourth-order valence-electron chi connectivity index (χ4n) is 5.94. The first kappa shape index (κ1) is 30.7. The van der Waals surface area contributed by atoms with Crippen LogP contribution in [0.3, 0.4) is 0 Å². The lowest BCUT2D eigenvalue weighted by Crippen LogP contribution is -2.57. The van der Waals surface area contributed by atoms with Crippen LogP contribution in [0.25, 0.3) is 0 Å². The molecule has 1 N–H and O–H groups in total. The van der Waals surface area contributed by atoms with Gasteiger partial charge in [0.1, 0.15) is 35.7 Å². The molecule has 0 atom stereocenters. The van der Waals surface area contributed by atoms with E-state index in [1.165, 1.54) is 19.2 Å². The largest absolute Gasteiger partial charge is 0.486 e. The number of alkyl halides is 1. The smallest absolute Gasteiger partial charge is 0.413 e. The summed E-state index contributed by atoms with van der Waals surface area (Å²) in [7, 11) is 1.44. The van der Waals surface area contributed by atoms with Crippen LogP contribution >= 0.6 is 0 Å². The van der Waals surface area contributed by atoms with E-state index < -0.39 is 28.9 Å². The number of nitrogens with zero attached hydrogens (tertiary/aromatic N) is 4. The van der Waals surface area contributed by atoms with Gasteiger partial charge < -0.3 is 19.2 Å². The zero-order valence-corrected chi connectivity index (χ0v) is 25.1. The SMILES string of the molecule is CO/N=C1\CC2(CCN(C(=O)C3(F)CCN(Cc4ccnc(NC(=O)OC(C)(C)C)c4)CC3)CC2)Oc2ccc(F)cc21. The molecule has 1 spiro atoms. The molecule has 43 heavy (non-hydrogen) atoms. The van der Waals surface area contributed by atoms with E-state index in [1.54, 1.807) is 44.0 Å². The Morgan fingerprint density at radius 2 is 1.81 bits per heavy atom. The summed E-state index contributed by atoms with van der Waals surface area (Å²) in [5.41, 5.74) is -1.10. The number of piperidine rings is 2. The summed E-state index contributed by atoms with van der Waals surface area (Å²) < 4.78 is 41.5. The van der Waals surface area contributed by atoms with Crippen molar-refractivity contribution in [2.24, 2.45) is 5.16 Å². The van der Waals surface area contributed by atoms with Crippen molar-refractivity contribution < 1.29 is 32.7 Å². The highest BCUT2D eigenvalue weighted by atomic mass is 19.1. The van der Waals surface area contributed by atoms with E-state index in [4.69, 9.17) is 14.3 Å². The minimum Gasteiger partial charge on any atom is -0.486 e. The molecule has 3 aliphatic rings. The standard InChI is InChI=1S/C31H39F2N5O5/c1-29(2,3)43-28(40)35-26-17-21(7-12-34-26)20-37-13-10-31(33,11-14-37)27(39)38-15-8-30(9-16-38)19-24(36-41-4)23-18-22(32)5-6-25(23)42-30/h5-7,12,17-18H,8-11,13-16,19-20H2,1-4H3,(H,34,35,40)/b36-24+. The number of halogens is 2. The summed E-state index contributed by atoms with van der Waals surface area (Å²) in [6, 6.07) is 7.92. The van der Waals surface area contributed by atoms with E-state index in [0.717, 1.165) is 5.56 Å². The van der Waals surface area contributed by atoms with Gasteiger partial charge in [-0.2, -0.15) is 0 Å². The van der Waals surface area contributed by atoms with Crippen LogP contribution in [0.2, 0.25) is 0 Å². The Morgan fingerprint density at radius 1 is 1.09 bits per heavy atom. The molecule has 1 aromatic heterocycles. The number of anilines is 1. The molecule has 232 valence electrons. The molecule has 2 amide bonds. The predicted octanol–water partition coefficient (Wildman–Crippen LogP) is 5.07. The lowest BCUT2D eigenvalue weighted by molar-refractivity contribution is -0.151. The Morgan fingerprint density at radius 3 is 2.49 bits per heavy atom. The molecule has 2 saturated heterocycles. The van der Waals surface area contributed by atoms with Crippen LogP contribution in [-0.2, 0) is 20.9 Å². The second-order valence-corrected chi connectivity index (χ2v) is 12.5.